The molecule has 1 atom stereocenters. The summed E-state index contributed by atoms with van der Waals surface area (Å²) in [4.78, 5) is 11.5. The molecule has 0 heterocycles. The number of carbonyl (C=O) groups is 1. The van der Waals surface area contributed by atoms with E-state index >= 15 is 0 Å². The monoisotopic (exact) mass is 267 g/mol. The minimum Gasteiger partial charge on any atom is -0.494 e. The van der Waals surface area contributed by atoms with Crippen molar-refractivity contribution in [2.24, 2.45) is 5.92 Å². The molecular formula is C15H22FNO2. The maximum Gasteiger partial charge on any atom is 0.222 e. The van der Waals surface area contributed by atoms with E-state index in [-0.39, 0.29) is 17.6 Å². The average molecular weight is 267 g/mol. The van der Waals surface area contributed by atoms with Crippen molar-refractivity contribution < 1.29 is 13.9 Å². The molecule has 3 nitrogen and oxygen atoms in total. The van der Waals surface area contributed by atoms with Gasteiger partial charge in [-0.25, -0.2) is 4.39 Å². The van der Waals surface area contributed by atoms with Gasteiger partial charge in [0.05, 0.1) is 6.61 Å². The summed E-state index contributed by atoms with van der Waals surface area (Å²) in [5, 5.41) is 2.90. The highest BCUT2D eigenvalue weighted by Crippen LogP contribution is 2.11. The van der Waals surface area contributed by atoms with E-state index in [1.165, 1.54) is 12.1 Å². The Hall–Kier alpha value is -1.58. The number of hydrogen-bond acceptors (Lipinski definition) is 2. The molecule has 4 heteroatoms. The van der Waals surface area contributed by atoms with E-state index in [0.29, 0.717) is 18.9 Å². The first kappa shape index (κ1) is 15.5. The molecule has 0 aliphatic rings. The predicted molar refractivity (Wildman–Crippen MR) is 73.6 cm³/mol. The van der Waals surface area contributed by atoms with Gasteiger partial charge in [0.25, 0.3) is 0 Å². The van der Waals surface area contributed by atoms with E-state index in [0.717, 1.165) is 19.3 Å². The summed E-state index contributed by atoms with van der Waals surface area (Å²) in [6, 6.07) is 5.98. The number of unbranched alkanes of at least 4 members (excludes halogenated alkanes) is 1. The normalized spacial score (nSPS) is 11.9. The van der Waals surface area contributed by atoms with Crippen molar-refractivity contribution in [3.63, 3.8) is 0 Å². The van der Waals surface area contributed by atoms with Crippen LogP contribution in [0, 0.1) is 11.7 Å². The molecule has 0 aromatic heterocycles. The van der Waals surface area contributed by atoms with Gasteiger partial charge in [0.1, 0.15) is 11.6 Å². The first-order chi connectivity index (χ1) is 9.13. The summed E-state index contributed by atoms with van der Waals surface area (Å²) in [7, 11) is 0. The largest absolute Gasteiger partial charge is 0.494 e. The summed E-state index contributed by atoms with van der Waals surface area (Å²) in [6.45, 7) is 5.18. The van der Waals surface area contributed by atoms with E-state index in [1.807, 2.05) is 13.8 Å². The number of halogens is 1. The summed E-state index contributed by atoms with van der Waals surface area (Å²) in [5.74, 6) is 0.600. The highest BCUT2D eigenvalue weighted by Gasteiger charge is 2.08. The third-order valence-electron chi connectivity index (χ3n) is 3.01. The lowest BCUT2D eigenvalue weighted by Crippen LogP contribution is -2.29. The lowest BCUT2D eigenvalue weighted by molar-refractivity contribution is -0.124. The van der Waals surface area contributed by atoms with E-state index in [9.17, 15) is 9.18 Å². The van der Waals surface area contributed by atoms with E-state index in [1.54, 1.807) is 12.1 Å². The number of hydrogen-bond donors (Lipinski definition) is 1. The molecule has 0 fully saturated rings. The van der Waals surface area contributed by atoms with Crippen LogP contribution in [0.2, 0.25) is 0 Å². The molecule has 1 aromatic carbocycles. The zero-order valence-corrected chi connectivity index (χ0v) is 11.6. The molecule has 1 unspecified atom stereocenters. The van der Waals surface area contributed by atoms with Crippen molar-refractivity contribution >= 4 is 5.91 Å². The number of carbonyl (C=O) groups excluding carboxylic acids is 1. The van der Waals surface area contributed by atoms with Gasteiger partial charge in [0.15, 0.2) is 0 Å². The van der Waals surface area contributed by atoms with Crippen LogP contribution in [0.4, 0.5) is 4.39 Å². The van der Waals surface area contributed by atoms with Gasteiger partial charge in [-0.15, -0.1) is 0 Å². The lowest BCUT2D eigenvalue weighted by Gasteiger charge is -2.10. The molecule has 1 amide bonds. The molecule has 0 spiro atoms. The van der Waals surface area contributed by atoms with Gasteiger partial charge in [-0.3, -0.25) is 4.79 Å². The number of rotatable bonds is 8. The topological polar surface area (TPSA) is 38.3 Å². The minimum atomic E-state index is -0.264. The van der Waals surface area contributed by atoms with E-state index < -0.39 is 0 Å². The van der Waals surface area contributed by atoms with Crippen molar-refractivity contribution in [2.75, 3.05) is 13.2 Å². The Bertz CT molecular complexity index is 378. The third-order valence-corrected chi connectivity index (χ3v) is 3.01. The molecule has 106 valence electrons. The van der Waals surface area contributed by atoms with Crippen LogP contribution >= 0.6 is 0 Å². The Morgan fingerprint density at radius 2 is 2.00 bits per heavy atom. The number of ether oxygens (including phenoxy) is 1. The predicted octanol–water partition coefficient (Wildman–Crippen LogP) is 3.15. The molecule has 0 bridgehead atoms. The van der Waals surface area contributed by atoms with Crippen molar-refractivity contribution in [2.45, 2.75) is 33.1 Å². The van der Waals surface area contributed by atoms with Crippen LogP contribution in [0.3, 0.4) is 0 Å². The van der Waals surface area contributed by atoms with Crippen LogP contribution < -0.4 is 10.1 Å². The molecule has 0 radical (unpaired) electrons. The van der Waals surface area contributed by atoms with Crippen molar-refractivity contribution in [1.29, 1.82) is 0 Å². The quantitative estimate of drug-likeness (QED) is 0.735. The first-order valence-electron chi connectivity index (χ1n) is 6.79. The third kappa shape index (κ3) is 6.22. The maximum atomic E-state index is 12.6. The molecule has 1 aromatic rings. The minimum absolute atomic E-state index is 0.0791. The lowest BCUT2D eigenvalue weighted by atomic mass is 10.1. The maximum absolute atomic E-state index is 12.6. The summed E-state index contributed by atoms with van der Waals surface area (Å²) in [5.41, 5.74) is 0. The molecule has 0 aliphatic carbocycles. The van der Waals surface area contributed by atoms with Gasteiger partial charge < -0.3 is 10.1 Å². The fourth-order valence-corrected chi connectivity index (χ4v) is 1.52. The van der Waals surface area contributed by atoms with E-state index in [2.05, 4.69) is 5.32 Å². The molecule has 1 rings (SSSR count). The first-order valence-corrected chi connectivity index (χ1v) is 6.79. The fraction of sp³-hybridized carbons (Fsp3) is 0.533. The average Bonchev–Trinajstić information content (AvgIpc) is 2.43. The van der Waals surface area contributed by atoms with Crippen LogP contribution in [0.5, 0.6) is 5.75 Å². The van der Waals surface area contributed by atoms with Gasteiger partial charge in [-0.05, 0) is 43.5 Å². The van der Waals surface area contributed by atoms with Crippen molar-refractivity contribution in [3.05, 3.63) is 30.1 Å². The zero-order valence-electron chi connectivity index (χ0n) is 11.6. The summed E-state index contributed by atoms with van der Waals surface area (Å²) >= 11 is 0. The van der Waals surface area contributed by atoms with Crippen molar-refractivity contribution in [1.82, 2.24) is 5.32 Å². The SMILES string of the molecule is CCC(C)C(=O)NCCCCOc1ccc(F)cc1. The highest BCUT2D eigenvalue weighted by atomic mass is 19.1. The van der Waals surface area contributed by atoms with Gasteiger partial charge in [0.2, 0.25) is 5.91 Å². The Labute approximate surface area is 114 Å². The van der Waals surface area contributed by atoms with Gasteiger partial charge >= 0.3 is 0 Å². The zero-order chi connectivity index (χ0) is 14.1. The fourth-order valence-electron chi connectivity index (χ4n) is 1.52. The van der Waals surface area contributed by atoms with Gasteiger partial charge in [-0.1, -0.05) is 13.8 Å². The van der Waals surface area contributed by atoms with Crippen molar-refractivity contribution in [3.8, 4) is 5.75 Å². The Morgan fingerprint density at radius 1 is 1.32 bits per heavy atom. The second kappa shape index (κ2) is 8.51. The Kier molecular flexibility index (Phi) is 6.93. The molecule has 19 heavy (non-hydrogen) atoms. The smallest absolute Gasteiger partial charge is 0.222 e. The van der Waals surface area contributed by atoms with Crippen LogP contribution in [-0.2, 0) is 4.79 Å². The number of benzene rings is 1. The van der Waals surface area contributed by atoms with Crippen LogP contribution in [0.15, 0.2) is 24.3 Å². The second-order valence-electron chi connectivity index (χ2n) is 4.61. The van der Waals surface area contributed by atoms with E-state index in [4.69, 9.17) is 4.74 Å². The summed E-state index contributed by atoms with van der Waals surface area (Å²) < 4.78 is 18.1. The standard InChI is InChI=1S/C15H22FNO2/c1-3-12(2)15(18)17-10-4-5-11-19-14-8-6-13(16)7-9-14/h6-9,12H,3-5,10-11H2,1-2H3,(H,17,18). The number of amides is 1. The second-order valence-corrected chi connectivity index (χ2v) is 4.61. The van der Waals surface area contributed by atoms with Gasteiger partial charge in [-0.2, -0.15) is 0 Å². The molecular weight excluding hydrogens is 245 g/mol. The Balaban J connectivity index is 2.05. The van der Waals surface area contributed by atoms with Crippen LogP contribution in [0.25, 0.3) is 0 Å². The molecule has 0 saturated heterocycles. The van der Waals surface area contributed by atoms with Crippen LogP contribution in [-0.4, -0.2) is 19.1 Å². The molecule has 0 saturated carbocycles. The summed E-state index contributed by atoms with van der Waals surface area (Å²) in [6.07, 6.45) is 2.60. The Morgan fingerprint density at radius 3 is 2.63 bits per heavy atom. The van der Waals surface area contributed by atoms with Gasteiger partial charge in [0, 0.05) is 12.5 Å². The molecule has 0 aliphatic heterocycles. The highest BCUT2D eigenvalue weighted by molar-refractivity contribution is 5.78. The number of nitrogens with one attached hydrogen (secondary N) is 1. The molecule has 1 N–H and O–H groups in total. The van der Waals surface area contributed by atoms with Crippen LogP contribution in [0.1, 0.15) is 33.1 Å².